The summed E-state index contributed by atoms with van der Waals surface area (Å²) in [7, 11) is 1.65. The lowest BCUT2D eigenvalue weighted by atomic mass is 10.1. The first-order valence-corrected chi connectivity index (χ1v) is 4.57. The summed E-state index contributed by atoms with van der Waals surface area (Å²) in [5.74, 6) is 0.889. The van der Waals surface area contributed by atoms with Crippen LogP contribution in [0.3, 0.4) is 0 Å². The standard InChI is InChI=1S/C8H15N3O3/c1-9-8(5-11(12)13)10-4-7-2-3-14-6-7/h5,7,9-10H,2-4,6H2,1H3/b8-5+. The van der Waals surface area contributed by atoms with Crippen molar-refractivity contribution in [1.29, 1.82) is 0 Å². The molecule has 1 saturated heterocycles. The Morgan fingerprint density at radius 1 is 1.79 bits per heavy atom. The molecule has 80 valence electrons. The maximum absolute atomic E-state index is 10.2. The van der Waals surface area contributed by atoms with Crippen molar-refractivity contribution in [2.75, 3.05) is 26.8 Å². The molecule has 1 atom stereocenters. The van der Waals surface area contributed by atoms with Gasteiger partial charge in [-0.1, -0.05) is 0 Å². The van der Waals surface area contributed by atoms with Gasteiger partial charge in [0.1, 0.15) is 0 Å². The molecule has 1 rings (SSSR count). The first-order chi connectivity index (χ1) is 6.72. The van der Waals surface area contributed by atoms with E-state index in [1.54, 1.807) is 7.05 Å². The van der Waals surface area contributed by atoms with E-state index >= 15 is 0 Å². The van der Waals surface area contributed by atoms with Gasteiger partial charge in [0.15, 0.2) is 5.82 Å². The normalized spacial score (nSPS) is 22.1. The Labute approximate surface area is 82.5 Å². The lowest BCUT2D eigenvalue weighted by molar-refractivity contribution is -0.404. The van der Waals surface area contributed by atoms with Gasteiger partial charge >= 0.3 is 0 Å². The number of ether oxygens (including phenoxy) is 1. The number of hydrogen-bond donors (Lipinski definition) is 2. The minimum absolute atomic E-state index is 0.432. The lowest BCUT2D eigenvalue weighted by Gasteiger charge is -2.11. The molecule has 0 aromatic heterocycles. The molecule has 0 amide bonds. The largest absolute Gasteiger partial charge is 0.381 e. The van der Waals surface area contributed by atoms with Gasteiger partial charge in [-0.05, 0) is 6.42 Å². The summed E-state index contributed by atoms with van der Waals surface area (Å²) in [6.45, 7) is 2.24. The Kier molecular flexibility index (Phi) is 4.18. The van der Waals surface area contributed by atoms with Crippen molar-refractivity contribution in [1.82, 2.24) is 10.6 Å². The van der Waals surface area contributed by atoms with Gasteiger partial charge in [0, 0.05) is 26.1 Å². The Hall–Kier alpha value is -1.30. The van der Waals surface area contributed by atoms with Crippen molar-refractivity contribution in [2.45, 2.75) is 6.42 Å². The molecule has 1 heterocycles. The van der Waals surface area contributed by atoms with Crippen LogP contribution >= 0.6 is 0 Å². The van der Waals surface area contributed by atoms with Crippen LogP contribution in [0.5, 0.6) is 0 Å². The Bertz CT molecular complexity index is 224. The molecule has 0 saturated carbocycles. The highest BCUT2D eigenvalue weighted by Gasteiger charge is 2.15. The summed E-state index contributed by atoms with van der Waals surface area (Å²) < 4.78 is 5.19. The molecule has 0 spiro atoms. The number of nitrogens with zero attached hydrogens (tertiary/aromatic N) is 1. The van der Waals surface area contributed by atoms with E-state index in [4.69, 9.17) is 4.74 Å². The monoisotopic (exact) mass is 201 g/mol. The zero-order valence-electron chi connectivity index (χ0n) is 8.16. The molecule has 1 aliphatic rings. The third-order valence-electron chi connectivity index (χ3n) is 2.11. The third kappa shape index (κ3) is 3.61. The molecular weight excluding hydrogens is 186 g/mol. The van der Waals surface area contributed by atoms with Crippen LogP contribution in [0.4, 0.5) is 0 Å². The maximum Gasteiger partial charge on any atom is 0.274 e. The number of nitrogens with one attached hydrogen (secondary N) is 2. The first-order valence-electron chi connectivity index (χ1n) is 4.57. The van der Waals surface area contributed by atoms with E-state index in [9.17, 15) is 10.1 Å². The van der Waals surface area contributed by atoms with Crippen molar-refractivity contribution >= 4 is 0 Å². The van der Waals surface area contributed by atoms with E-state index in [1.165, 1.54) is 0 Å². The van der Waals surface area contributed by atoms with Gasteiger partial charge in [-0.15, -0.1) is 0 Å². The van der Waals surface area contributed by atoms with E-state index < -0.39 is 4.92 Å². The molecule has 6 heteroatoms. The van der Waals surface area contributed by atoms with Gasteiger partial charge in [0.25, 0.3) is 6.20 Å². The van der Waals surface area contributed by atoms with Crippen LogP contribution in [0.25, 0.3) is 0 Å². The second kappa shape index (κ2) is 5.43. The molecule has 14 heavy (non-hydrogen) atoms. The molecule has 6 nitrogen and oxygen atoms in total. The summed E-state index contributed by atoms with van der Waals surface area (Å²) >= 11 is 0. The SMILES string of the molecule is CN/C(=C\[N+](=O)[O-])NCC1CCOC1. The molecule has 0 aromatic rings. The summed E-state index contributed by atoms with van der Waals surface area (Å²) in [5, 5.41) is 15.9. The van der Waals surface area contributed by atoms with E-state index in [-0.39, 0.29) is 0 Å². The lowest BCUT2D eigenvalue weighted by Crippen LogP contribution is -2.29. The smallest absolute Gasteiger partial charge is 0.274 e. The van der Waals surface area contributed by atoms with Crippen molar-refractivity contribution in [3.8, 4) is 0 Å². The van der Waals surface area contributed by atoms with Crippen LogP contribution in [0.1, 0.15) is 6.42 Å². The molecule has 0 bridgehead atoms. The van der Waals surface area contributed by atoms with Gasteiger partial charge in [-0.25, -0.2) is 0 Å². The van der Waals surface area contributed by atoms with Crippen molar-refractivity contribution in [3.63, 3.8) is 0 Å². The fourth-order valence-electron chi connectivity index (χ4n) is 1.30. The molecule has 2 N–H and O–H groups in total. The Morgan fingerprint density at radius 3 is 3.07 bits per heavy atom. The van der Waals surface area contributed by atoms with Crippen LogP contribution in [-0.2, 0) is 4.74 Å². The quantitative estimate of drug-likeness (QED) is 0.480. The summed E-state index contributed by atoms with van der Waals surface area (Å²) in [6, 6.07) is 0. The Morgan fingerprint density at radius 2 is 2.57 bits per heavy atom. The fourth-order valence-corrected chi connectivity index (χ4v) is 1.30. The summed E-state index contributed by atoms with van der Waals surface area (Å²) in [6.07, 6.45) is 1.94. The predicted molar refractivity (Wildman–Crippen MR) is 51.1 cm³/mol. The number of rotatable bonds is 5. The number of hydrogen-bond acceptors (Lipinski definition) is 5. The Balaban J connectivity index is 2.29. The van der Waals surface area contributed by atoms with Crippen molar-refractivity contribution in [3.05, 3.63) is 22.1 Å². The minimum Gasteiger partial charge on any atom is -0.381 e. The molecule has 1 aliphatic heterocycles. The summed E-state index contributed by atoms with van der Waals surface area (Å²) in [4.78, 5) is 9.71. The molecule has 1 unspecified atom stereocenters. The minimum atomic E-state index is -0.482. The highest BCUT2D eigenvalue weighted by Crippen LogP contribution is 2.10. The molecular formula is C8H15N3O3. The zero-order chi connectivity index (χ0) is 10.4. The summed E-state index contributed by atoms with van der Waals surface area (Å²) in [5.41, 5.74) is 0. The average Bonchev–Trinajstić information content (AvgIpc) is 2.64. The van der Waals surface area contributed by atoms with Gasteiger partial charge in [-0.2, -0.15) is 0 Å². The fraction of sp³-hybridized carbons (Fsp3) is 0.750. The van der Waals surface area contributed by atoms with E-state index in [0.29, 0.717) is 18.3 Å². The van der Waals surface area contributed by atoms with E-state index in [0.717, 1.165) is 25.8 Å². The second-order valence-corrected chi connectivity index (χ2v) is 3.19. The van der Waals surface area contributed by atoms with E-state index in [2.05, 4.69) is 10.6 Å². The van der Waals surface area contributed by atoms with Gasteiger partial charge < -0.3 is 15.4 Å². The van der Waals surface area contributed by atoms with Crippen LogP contribution in [0.2, 0.25) is 0 Å². The third-order valence-corrected chi connectivity index (χ3v) is 2.11. The van der Waals surface area contributed by atoms with Gasteiger partial charge in [-0.3, -0.25) is 10.1 Å². The highest BCUT2D eigenvalue weighted by atomic mass is 16.6. The van der Waals surface area contributed by atoms with Crippen molar-refractivity contribution in [2.24, 2.45) is 5.92 Å². The average molecular weight is 201 g/mol. The van der Waals surface area contributed by atoms with Crippen molar-refractivity contribution < 1.29 is 9.66 Å². The highest BCUT2D eigenvalue weighted by molar-refractivity contribution is 4.91. The molecule has 0 aliphatic carbocycles. The first kappa shape index (κ1) is 10.8. The zero-order valence-corrected chi connectivity index (χ0v) is 8.16. The molecule has 1 fully saturated rings. The molecule has 0 aromatic carbocycles. The topological polar surface area (TPSA) is 76.4 Å². The van der Waals surface area contributed by atoms with Crippen LogP contribution in [-0.4, -0.2) is 31.7 Å². The molecule has 0 radical (unpaired) electrons. The van der Waals surface area contributed by atoms with Crippen LogP contribution in [0.15, 0.2) is 12.0 Å². The van der Waals surface area contributed by atoms with Crippen LogP contribution < -0.4 is 10.6 Å². The second-order valence-electron chi connectivity index (χ2n) is 3.19. The van der Waals surface area contributed by atoms with Gasteiger partial charge in [0.05, 0.1) is 11.5 Å². The number of nitro groups is 1. The van der Waals surface area contributed by atoms with Crippen LogP contribution in [0, 0.1) is 16.0 Å². The maximum atomic E-state index is 10.2. The predicted octanol–water partition coefficient (Wildman–Crippen LogP) is -0.0925. The van der Waals surface area contributed by atoms with Gasteiger partial charge in [0.2, 0.25) is 0 Å². The van der Waals surface area contributed by atoms with E-state index in [1.807, 2.05) is 0 Å².